The molecular weight excluding hydrogens is 376 g/mol. The third-order valence-corrected chi connectivity index (χ3v) is 4.44. The van der Waals surface area contributed by atoms with E-state index < -0.39 is 49.5 Å². The largest absolute Gasteiger partial charge is 0.476 e. The highest BCUT2D eigenvalue weighted by Crippen LogP contribution is 2.25. The lowest BCUT2D eigenvalue weighted by atomic mass is 10.2. The zero-order chi connectivity index (χ0) is 19.7. The number of carboxylic acid groups (broad SMARTS) is 1. The van der Waals surface area contributed by atoms with Crippen molar-refractivity contribution in [3.8, 4) is 0 Å². The molecule has 0 aliphatic carbocycles. The van der Waals surface area contributed by atoms with E-state index in [2.05, 4.69) is 5.10 Å². The van der Waals surface area contributed by atoms with Crippen LogP contribution in [0.2, 0.25) is 5.02 Å². The SMILES string of the molecule is CC(C)N(NS(=O)(=O)c1nn(C)c(C(=O)O)c1Cl)C(=O)OC(C)(C)C. The molecule has 1 heterocycles. The maximum atomic E-state index is 12.5. The number of nitrogens with one attached hydrogen (secondary N) is 1. The molecule has 0 saturated heterocycles. The highest BCUT2D eigenvalue weighted by molar-refractivity contribution is 7.89. The molecule has 1 amide bonds. The molecule has 0 unspecified atom stereocenters. The zero-order valence-corrected chi connectivity index (χ0v) is 16.3. The van der Waals surface area contributed by atoms with Crippen LogP contribution in [0.4, 0.5) is 4.79 Å². The average Bonchev–Trinajstić information content (AvgIpc) is 2.69. The van der Waals surface area contributed by atoms with E-state index in [1.165, 1.54) is 7.05 Å². The van der Waals surface area contributed by atoms with Crippen molar-refractivity contribution in [1.82, 2.24) is 19.6 Å². The van der Waals surface area contributed by atoms with Crippen LogP contribution >= 0.6 is 11.6 Å². The minimum Gasteiger partial charge on any atom is -0.476 e. The first-order chi connectivity index (χ1) is 11.2. The molecule has 0 aromatic carbocycles. The Hall–Kier alpha value is -1.85. The molecule has 0 saturated carbocycles. The van der Waals surface area contributed by atoms with E-state index in [4.69, 9.17) is 21.4 Å². The Kier molecular flexibility index (Phi) is 6.09. The molecule has 0 spiro atoms. The number of hydrogen-bond donors (Lipinski definition) is 2. The number of halogens is 1. The number of aryl methyl sites for hydroxylation is 1. The second-order valence-corrected chi connectivity index (χ2v) is 8.39. The van der Waals surface area contributed by atoms with Gasteiger partial charge in [0.05, 0.1) is 0 Å². The van der Waals surface area contributed by atoms with Crippen LogP contribution in [-0.4, -0.2) is 52.0 Å². The Bertz CT molecular complexity index is 781. The lowest BCUT2D eigenvalue weighted by molar-refractivity contribution is 0.0135. The fourth-order valence-electron chi connectivity index (χ4n) is 1.71. The van der Waals surface area contributed by atoms with E-state index in [-0.39, 0.29) is 0 Å². The van der Waals surface area contributed by atoms with Gasteiger partial charge in [-0.1, -0.05) is 11.6 Å². The molecule has 142 valence electrons. The highest BCUT2D eigenvalue weighted by Gasteiger charge is 2.33. The van der Waals surface area contributed by atoms with Gasteiger partial charge in [-0.15, -0.1) is 4.83 Å². The summed E-state index contributed by atoms with van der Waals surface area (Å²) in [6.07, 6.45) is -0.920. The number of amides is 1. The van der Waals surface area contributed by atoms with Crippen molar-refractivity contribution in [3.63, 3.8) is 0 Å². The summed E-state index contributed by atoms with van der Waals surface area (Å²) in [6, 6.07) is -0.592. The quantitative estimate of drug-likeness (QED) is 0.722. The van der Waals surface area contributed by atoms with Gasteiger partial charge in [0.1, 0.15) is 10.6 Å². The third-order valence-electron chi connectivity index (χ3n) is 2.74. The van der Waals surface area contributed by atoms with Crippen LogP contribution in [0, 0.1) is 0 Å². The van der Waals surface area contributed by atoms with Gasteiger partial charge in [-0.2, -0.15) is 5.10 Å². The van der Waals surface area contributed by atoms with Crippen molar-refractivity contribution in [3.05, 3.63) is 10.7 Å². The van der Waals surface area contributed by atoms with Crippen LogP contribution in [0.1, 0.15) is 45.1 Å². The second-order valence-electron chi connectivity index (χ2n) is 6.44. The molecule has 25 heavy (non-hydrogen) atoms. The number of rotatable bonds is 5. The summed E-state index contributed by atoms with van der Waals surface area (Å²) >= 11 is 5.84. The van der Waals surface area contributed by atoms with E-state index in [1.807, 2.05) is 4.83 Å². The molecule has 12 heteroatoms. The van der Waals surface area contributed by atoms with Gasteiger partial charge in [-0.25, -0.2) is 23.0 Å². The minimum atomic E-state index is -4.42. The first-order valence-corrected chi connectivity index (χ1v) is 9.04. The average molecular weight is 397 g/mol. The number of aromatic nitrogens is 2. The number of aromatic carboxylic acids is 1. The maximum Gasteiger partial charge on any atom is 0.425 e. The summed E-state index contributed by atoms with van der Waals surface area (Å²) in [4.78, 5) is 25.4. The summed E-state index contributed by atoms with van der Waals surface area (Å²) in [5, 5.41) is 12.2. The Morgan fingerprint density at radius 1 is 1.36 bits per heavy atom. The Morgan fingerprint density at radius 3 is 2.24 bits per heavy atom. The van der Waals surface area contributed by atoms with Crippen LogP contribution < -0.4 is 4.83 Å². The summed E-state index contributed by atoms with van der Waals surface area (Å²) < 4.78 is 31.0. The van der Waals surface area contributed by atoms with Gasteiger partial charge < -0.3 is 9.84 Å². The molecule has 0 bridgehead atoms. The number of sulfonamides is 1. The molecule has 2 N–H and O–H groups in total. The summed E-state index contributed by atoms with van der Waals surface area (Å²) in [6.45, 7) is 8.02. The first-order valence-electron chi connectivity index (χ1n) is 7.18. The van der Waals surface area contributed by atoms with E-state index in [1.54, 1.807) is 34.6 Å². The molecule has 1 aromatic rings. The van der Waals surface area contributed by atoms with Crippen molar-refractivity contribution in [2.45, 2.75) is 51.3 Å². The molecular formula is C13H21ClN4O6S. The van der Waals surface area contributed by atoms with Gasteiger partial charge in [-0.3, -0.25) is 4.68 Å². The van der Waals surface area contributed by atoms with E-state index in [0.29, 0.717) is 0 Å². The molecule has 0 fully saturated rings. The van der Waals surface area contributed by atoms with Gasteiger partial charge >= 0.3 is 12.1 Å². The Labute approximate surface area is 150 Å². The van der Waals surface area contributed by atoms with Crippen molar-refractivity contribution in [1.29, 1.82) is 0 Å². The van der Waals surface area contributed by atoms with Crippen molar-refractivity contribution >= 4 is 33.7 Å². The normalized spacial score (nSPS) is 12.3. The predicted octanol–water partition coefficient (Wildman–Crippen LogP) is 1.61. The first kappa shape index (κ1) is 21.2. The second kappa shape index (κ2) is 7.18. The van der Waals surface area contributed by atoms with Gasteiger partial charge in [0, 0.05) is 13.1 Å². The summed E-state index contributed by atoms with van der Waals surface area (Å²) in [5.41, 5.74) is -1.33. The van der Waals surface area contributed by atoms with Crippen molar-refractivity contribution in [2.75, 3.05) is 0 Å². The fraction of sp³-hybridized carbons (Fsp3) is 0.615. The smallest absolute Gasteiger partial charge is 0.425 e. The van der Waals surface area contributed by atoms with E-state index in [9.17, 15) is 18.0 Å². The number of ether oxygens (including phenoxy) is 1. The fourth-order valence-corrected chi connectivity index (χ4v) is 3.45. The van der Waals surface area contributed by atoms with Crippen LogP contribution in [-0.2, 0) is 21.8 Å². The lowest BCUT2D eigenvalue weighted by Gasteiger charge is -2.29. The van der Waals surface area contributed by atoms with Crippen LogP contribution in [0.3, 0.4) is 0 Å². The molecule has 1 aromatic heterocycles. The monoisotopic (exact) mass is 396 g/mol. The van der Waals surface area contributed by atoms with Gasteiger partial charge in [0.25, 0.3) is 10.0 Å². The van der Waals surface area contributed by atoms with Gasteiger partial charge in [0.15, 0.2) is 5.69 Å². The lowest BCUT2D eigenvalue weighted by Crippen LogP contribution is -2.51. The summed E-state index contributed by atoms with van der Waals surface area (Å²) in [5.74, 6) is -1.44. The molecule has 10 nitrogen and oxygen atoms in total. The third kappa shape index (κ3) is 5.06. The number of nitrogens with zero attached hydrogens (tertiary/aromatic N) is 3. The Morgan fingerprint density at radius 2 is 1.88 bits per heavy atom. The van der Waals surface area contributed by atoms with Crippen LogP contribution in [0.15, 0.2) is 5.03 Å². The van der Waals surface area contributed by atoms with Crippen molar-refractivity contribution < 1.29 is 27.9 Å². The topological polar surface area (TPSA) is 131 Å². The number of carbonyl (C=O) groups is 2. The maximum absolute atomic E-state index is 12.5. The van der Waals surface area contributed by atoms with E-state index >= 15 is 0 Å². The molecule has 0 radical (unpaired) electrons. The number of carbonyl (C=O) groups excluding carboxylic acids is 1. The Balaban J connectivity index is 3.23. The molecule has 1 rings (SSSR count). The van der Waals surface area contributed by atoms with E-state index in [0.717, 1.165) is 9.69 Å². The zero-order valence-electron chi connectivity index (χ0n) is 14.7. The highest BCUT2D eigenvalue weighted by atomic mass is 35.5. The standard InChI is InChI=1S/C13H21ClN4O6S/c1-7(2)18(12(21)24-13(3,4)5)16-25(22,23)10-8(14)9(11(19)20)17(6)15-10/h7,16H,1-6H3,(H,19,20). The predicted molar refractivity (Wildman–Crippen MR) is 88.7 cm³/mol. The number of hydrogen-bond acceptors (Lipinski definition) is 6. The van der Waals surface area contributed by atoms with Crippen LogP contribution in [0.5, 0.6) is 0 Å². The number of hydrazine groups is 1. The molecule has 0 atom stereocenters. The minimum absolute atomic E-state index is 0.490. The molecule has 0 aliphatic heterocycles. The molecule has 0 aliphatic rings. The van der Waals surface area contributed by atoms with Gasteiger partial charge in [0.2, 0.25) is 5.03 Å². The summed E-state index contributed by atoms with van der Waals surface area (Å²) in [7, 11) is -3.18. The van der Waals surface area contributed by atoms with Crippen LogP contribution in [0.25, 0.3) is 0 Å². The van der Waals surface area contributed by atoms with Gasteiger partial charge in [-0.05, 0) is 34.6 Å². The van der Waals surface area contributed by atoms with Crippen molar-refractivity contribution in [2.24, 2.45) is 7.05 Å². The number of carboxylic acids is 1.